The molecule has 0 aliphatic heterocycles. The van der Waals surface area contributed by atoms with E-state index < -0.39 is 0 Å². The first-order valence-corrected chi connectivity index (χ1v) is 5.74. The zero-order valence-electron chi connectivity index (χ0n) is 10.2. The van der Waals surface area contributed by atoms with Crippen molar-refractivity contribution in [3.8, 4) is 0 Å². The molecule has 88 valence electrons. The Bertz CT molecular complexity index is 236. The third kappa shape index (κ3) is 2.25. The normalized spacial score (nSPS) is 28.1. The number of nitrogens with zero attached hydrogens (tertiary/aromatic N) is 1. The van der Waals surface area contributed by atoms with Crippen molar-refractivity contribution < 1.29 is 4.79 Å². The quantitative estimate of drug-likeness (QED) is 0.739. The van der Waals surface area contributed by atoms with Crippen molar-refractivity contribution in [1.29, 1.82) is 0 Å². The Morgan fingerprint density at radius 1 is 1.47 bits per heavy atom. The number of nitrogens with two attached hydrogens (primary N) is 1. The van der Waals surface area contributed by atoms with Crippen LogP contribution in [0.1, 0.15) is 34.1 Å². The van der Waals surface area contributed by atoms with Crippen LogP contribution in [-0.2, 0) is 0 Å². The van der Waals surface area contributed by atoms with Gasteiger partial charge in [0.15, 0.2) is 0 Å². The van der Waals surface area contributed by atoms with Gasteiger partial charge in [-0.25, -0.2) is 4.79 Å². The molecule has 0 bridgehead atoms. The fraction of sp³-hybridized carbons (Fsp3) is 0.909. The largest absolute Gasteiger partial charge is 0.335 e. The Labute approximate surface area is 92.2 Å². The molecule has 1 fully saturated rings. The summed E-state index contributed by atoms with van der Waals surface area (Å²) < 4.78 is 0. The van der Waals surface area contributed by atoms with Gasteiger partial charge in [-0.15, -0.1) is 0 Å². The minimum absolute atomic E-state index is 0.0306. The molecule has 2 atom stereocenters. The van der Waals surface area contributed by atoms with Crippen LogP contribution in [0.2, 0.25) is 0 Å². The maximum absolute atomic E-state index is 11.8. The van der Waals surface area contributed by atoms with Crippen LogP contribution >= 0.6 is 0 Å². The second-order valence-electron chi connectivity index (χ2n) is 4.84. The molecule has 0 heterocycles. The Balaban J connectivity index is 2.46. The highest BCUT2D eigenvalue weighted by atomic mass is 16.2. The van der Waals surface area contributed by atoms with E-state index in [4.69, 9.17) is 5.73 Å². The Kier molecular flexibility index (Phi) is 3.60. The number of carbonyl (C=O) groups excluding carboxylic acids is 1. The topological polar surface area (TPSA) is 58.4 Å². The van der Waals surface area contributed by atoms with E-state index in [2.05, 4.69) is 19.2 Å². The molecule has 0 aromatic carbocycles. The van der Waals surface area contributed by atoms with Crippen molar-refractivity contribution in [1.82, 2.24) is 10.2 Å². The van der Waals surface area contributed by atoms with E-state index >= 15 is 0 Å². The van der Waals surface area contributed by atoms with Gasteiger partial charge in [-0.1, -0.05) is 13.8 Å². The summed E-state index contributed by atoms with van der Waals surface area (Å²) in [5.41, 5.74) is 5.93. The highest BCUT2D eigenvalue weighted by Crippen LogP contribution is 2.38. The Morgan fingerprint density at radius 3 is 2.33 bits per heavy atom. The van der Waals surface area contributed by atoms with E-state index in [1.807, 2.05) is 13.8 Å². The lowest BCUT2D eigenvalue weighted by Crippen LogP contribution is -2.65. The molecule has 0 aromatic heterocycles. The highest BCUT2D eigenvalue weighted by molar-refractivity contribution is 5.74. The van der Waals surface area contributed by atoms with Crippen molar-refractivity contribution >= 4 is 6.03 Å². The molecule has 0 saturated heterocycles. The van der Waals surface area contributed by atoms with Crippen molar-refractivity contribution in [2.45, 2.75) is 46.2 Å². The number of urea groups is 1. The third-order valence-electron chi connectivity index (χ3n) is 3.69. The summed E-state index contributed by atoms with van der Waals surface area (Å²) in [6.45, 7) is 9.69. The minimum atomic E-state index is 0.0306. The van der Waals surface area contributed by atoms with E-state index in [1.165, 1.54) is 0 Å². The predicted octanol–water partition coefficient (Wildman–Crippen LogP) is 1.16. The lowest BCUT2D eigenvalue weighted by atomic mass is 9.63. The summed E-state index contributed by atoms with van der Waals surface area (Å²) in [7, 11) is 0. The zero-order chi connectivity index (χ0) is 11.6. The molecule has 1 aliphatic rings. The zero-order valence-corrected chi connectivity index (χ0v) is 10.2. The van der Waals surface area contributed by atoms with E-state index in [-0.39, 0.29) is 23.5 Å². The van der Waals surface area contributed by atoms with Crippen LogP contribution in [0.5, 0.6) is 0 Å². The molecule has 1 saturated carbocycles. The highest BCUT2D eigenvalue weighted by Gasteiger charge is 2.46. The smallest absolute Gasteiger partial charge is 0.317 e. The van der Waals surface area contributed by atoms with Gasteiger partial charge in [0.25, 0.3) is 0 Å². The maximum Gasteiger partial charge on any atom is 0.317 e. The molecule has 0 radical (unpaired) electrons. The first kappa shape index (κ1) is 12.3. The van der Waals surface area contributed by atoms with Gasteiger partial charge in [-0.05, 0) is 20.3 Å². The standard InChI is InChI=1S/C11H23N3O/c1-5-14(6-2)10(15)13-9-7-8(12)11(9,3)4/h8-9H,5-7,12H2,1-4H3,(H,13,15). The van der Waals surface area contributed by atoms with Crippen LogP contribution in [0.3, 0.4) is 0 Å². The van der Waals surface area contributed by atoms with E-state index in [0.717, 1.165) is 19.5 Å². The molecule has 15 heavy (non-hydrogen) atoms. The van der Waals surface area contributed by atoms with Crippen molar-refractivity contribution in [3.05, 3.63) is 0 Å². The summed E-state index contributed by atoms with van der Waals surface area (Å²) in [5.74, 6) is 0. The molecular formula is C11H23N3O. The van der Waals surface area contributed by atoms with Crippen LogP contribution in [0.25, 0.3) is 0 Å². The Hall–Kier alpha value is -0.770. The molecule has 4 heteroatoms. The van der Waals surface area contributed by atoms with Gasteiger partial charge in [-0.3, -0.25) is 0 Å². The van der Waals surface area contributed by atoms with Gasteiger partial charge in [0.2, 0.25) is 0 Å². The number of amides is 2. The predicted molar refractivity (Wildman–Crippen MR) is 61.6 cm³/mol. The van der Waals surface area contributed by atoms with Gasteiger partial charge in [0.05, 0.1) is 0 Å². The molecule has 2 unspecified atom stereocenters. The van der Waals surface area contributed by atoms with Gasteiger partial charge in [0, 0.05) is 30.6 Å². The van der Waals surface area contributed by atoms with Crippen LogP contribution in [0.15, 0.2) is 0 Å². The average molecular weight is 213 g/mol. The van der Waals surface area contributed by atoms with Crippen LogP contribution in [-0.4, -0.2) is 36.1 Å². The SMILES string of the molecule is CCN(CC)C(=O)NC1CC(N)C1(C)C. The number of nitrogens with one attached hydrogen (secondary N) is 1. The number of hydrogen-bond donors (Lipinski definition) is 2. The third-order valence-corrected chi connectivity index (χ3v) is 3.69. The Morgan fingerprint density at radius 2 is 2.00 bits per heavy atom. The molecule has 1 rings (SSSR count). The summed E-state index contributed by atoms with van der Waals surface area (Å²) in [4.78, 5) is 13.6. The molecule has 0 spiro atoms. The van der Waals surface area contributed by atoms with Gasteiger partial charge < -0.3 is 16.0 Å². The summed E-state index contributed by atoms with van der Waals surface area (Å²) in [6.07, 6.45) is 0.889. The monoisotopic (exact) mass is 213 g/mol. The molecular weight excluding hydrogens is 190 g/mol. The second-order valence-corrected chi connectivity index (χ2v) is 4.84. The maximum atomic E-state index is 11.8. The second kappa shape index (κ2) is 4.39. The average Bonchev–Trinajstić information content (AvgIpc) is 2.19. The van der Waals surface area contributed by atoms with Gasteiger partial charge in [-0.2, -0.15) is 0 Å². The lowest BCUT2D eigenvalue weighted by Gasteiger charge is -2.50. The van der Waals surface area contributed by atoms with E-state index in [9.17, 15) is 4.79 Å². The minimum Gasteiger partial charge on any atom is -0.335 e. The van der Waals surface area contributed by atoms with Gasteiger partial charge >= 0.3 is 6.03 Å². The molecule has 2 amide bonds. The van der Waals surface area contributed by atoms with Crippen molar-refractivity contribution in [2.75, 3.05) is 13.1 Å². The molecule has 0 aromatic rings. The molecule has 1 aliphatic carbocycles. The summed E-state index contributed by atoms with van der Waals surface area (Å²) in [5, 5.41) is 3.05. The van der Waals surface area contributed by atoms with E-state index in [0.29, 0.717) is 0 Å². The summed E-state index contributed by atoms with van der Waals surface area (Å²) >= 11 is 0. The van der Waals surface area contributed by atoms with Crippen molar-refractivity contribution in [3.63, 3.8) is 0 Å². The lowest BCUT2D eigenvalue weighted by molar-refractivity contribution is 0.0743. The van der Waals surface area contributed by atoms with Crippen LogP contribution < -0.4 is 11.1 Å². The first-order valence-electron chi connectivity index (χ1n) is 5.74. The first-order chi connectivity index (χ1) is 6.93. The number of carbonyl (C=O) groups is 1. The van der Waals surface area contributed by atoms with Crippen LogP contribution in [0, 0.1) is 5.41 Å². The number of hydrogen-bond acceptors (Lipinski definition) is 2. The van der Waals surface area contributed by atoms with Crippen LogP contribution in [0.4, 0.5) is 4.79 Å². The van der Waals surface area contributed by atoms with Gasteiger partial charge in [0.1, 0.15) is 0 Å². The fourth-order valence-electron chi connectivity index (χ4n) is 1.96. The molecule has 4 nitrogen and oxygen atoms in total. The number of rotatable bonds is 3. The van der Waals surface area contributed by atoms with Crippen molar-refractivity contribution in [2.24, 2.45) is 11.1 Å². The van der Waals surface area contributed by atoms with E-state index in [1.54, 1.807) is 4.90 Å². The molecule has 3 N–H and O–H groups in total. The summed E-state index contributed by atoms with van der Waals surface area (Å²) in [6, 6.07) is 0.463. The fourth-order valence-corrected chi connectivity index (χ4v) is 1.96.